The third kappa shape index (κ3) is 8.66. The van der Waals surface area contributed by atoms with E-state index < -0.39 is 0 Å². The zero-order valence-electron chi connectivity index (χ0n) is 19.4. The molecule has 2 heterocycles. The summed E-state index contributed by atoms with van der Waals surface area (Å²) in [7, 11) is 0. The van der Waals surface area contributed by atoms with Crippen LogP contribution >= 0.6 is 31.9 Å². The SMILES string of the molecule is Brc1c[n+](CCCCCCCCCC[n+]2cc(Br)c3ccccc3c2)cc2ccccc12.[I-].[I-]. The van der Waals surface area contributed by atoms with Gasteiger partial charge in [-0.25, -0.2) is 9.13 Å². The van der Waals surface area contributed by atoms with Crippen molar-refractivity contribution in [1.82, 2.24) is 0 Å². The monoisotopic (exact) mass is 808 g/mol. The van der Waals surface area contributed by atoms with E-state index in [0.717, 1.165) is 13.1 Å². The molecule has 2 aromatic carbocycles. The second-order valence-electron chi connectivity index (χ2n) is 8.69. The van der Waals surface area contributed by atoms with Crippen molar-refractivity contribution in [3.8, 4) is 0 Å². The lowest BCUT2D eigenvalue weighted by molar-refractivity contribution is -0.696. The molecule has 2 nitrogen and oxygen atoms in total. The molecule has 0 radical (unpaired) electrons. The third-order valence-corrected chi connectivity index (χ3v) is 7.45. The number of halogens is 4. The van der Waals surface area contributed by atoms with Crippen molar-refractivity contribution in [3.05, 3.63) is 82.3 Å². The maximum Gasteiger partial charge on any atom is 0.183 e. The summed E-state index contributed by atoms with van der Waals surface area (Å²) in [5.74, 6) is 0. The minimum atomic E-state index is 0. The average molecular weight is 810 g/mol. The molecule has 0 saturated heterocycles. The van der Waals surface area contributed by atoms with Gasteiger partial charge in [0.25, 0.3) is 0 Å². The Balaban J connectivity index is 0.00000204. The molecule has 0 amide bonds. The molecule has 34 heavy (non-hydrogen) atoms. The molecule has 6 heteroatoms. The van der Waals surface area contributed by atoms with Gasteiger partial charge in [0.1, 0.15) is 13.1 Å². The predicted molar refractivity (Wildman–Crippen MR) is 141 cm³/mol. The van der Waals surface area contributed by atoms with Gasteiger partial charge in [-0.15, -0.1) is 0 Å². The summed E-state index contributed by atoms with van der Waals surface area (Å²) < 4.78 is 7.03. The van der Waals surface area contributed by atoms with Crippen LogP contribution in [-0.4, -0.2) is 0 Å². The number of unbranched alkanes of at least 4 members (excludes halogenated alkanes) is 7. The van der Waals surface area contributed by atoms with E-state index in [1.165, 1.54) is 81.9 Å². The minimum absolute atomic E-state index is 0. The lowest BCUT2D eigenvalue weighted by Crippen LogP contribution is -3.00. The molecule has 0 aliphatic rings. The van der Waals surface area contributed by atoms with Crippen LogP contribution in [-0.2, 0) is 13.1 Å². The van der Waals surface area contributed by atoms with E-state index in [4.69, 9.17) is 0 Å². The molecule has 0 bridgehead atoms. The number of benzene rings is 2. The zero-order chi connectivity index (χ0) is 22.2. The predicted octanol–water partition coefficient (Wildman–Crippen LogP) is 1.92. The van der Waals surface area contributed by atoms with Gasteiger partial charge in [-0.3, -0.25) is 0 Å². The first-order chi connectivity index (χ1) is 15.7. The number of aryl methyl sites for hydroxylation is 2. The summed E-state index contributed by atoms with van der Waals surface area (Å²) in [5, 5.41) is 5.18. The van der Waals surface area contributed by atoms with Crippen molar-refractivity contribution < 1.29 is 57.1 Å². The fourth-order valence-corrected chi connectivity index (χ4v) is 5.67. The molecule has 0 atom stereocenters. The third-order valence-electron chi connectivity index (χ3n) is 6.19. The van der Waals surface area contributed by atoms with Crippen molar-refractivity contribution in [1.29, 1.82) is 0 Å². The largest absolute Gasteiger partial charge is 1.00 e. The fraction of sp³-hybridized carbons (Fsp3) is 0.357. The van der Waals surface area contributed by atoms with E-state index in [1.54, 1.807) is 0 Å². The molecular weight excluding hydrogens is 778 g/mol. The number of aromatic nitrogens is 2. The van der Waals surface area contributed by atoms with Crippen LogP contribution in [0.5, 0.6) is 0 Å². The Kier molecular flexibility index (Phi) is 13.8. The topological polar surface area (TPSA) is 7.76 Å². The van der Waals surface area contributed by atoms with Gasteiger partial charge in [-0.1, -0.05) is 62.1 Å². The van der Waals surface area contributed by atoms with Gasteiger partial charge in [0.2, 0.25) is 0 Å². The number of nitrogens with zero attached hydrogens (tertiary/aromatic N) is 2. The quantitative estimate of drug-likeness (QED) is 0.125. The first-order valence-corrected chi connectivity index (χ1v) is 13.4. The zero-order valence-corrected chi connectivity index (χ0v) is 26.9. The standard InChI is InChI=1S/C28H32Br2N2.2HI/c29-27-21-31(19-23-13-7-9-15-25(23)27)17-11-5-3-1-2-4-6-12-18-32-20-24-14-8-10-16-26(24)28(30)22-32;;/h7-10,13-16,19-22H,1-6,11-12,17-18H2;2*1H/q+2;;/p-2. The lowest BCUT2D eigenvalue weighted by Gasteiger charge is -2.04. The van der Waals surface area contributed by atoms with E-state index >= 15 is 0 Å². The number of pyridine rings is 2. The van der Waals surface area contributed by atoms with Gasteiger partial charge in [-0.05, 0) is 56.8 Å². The minimum Gasteiger partial charge on any atom is -1.00 e. The van der Waals surface area contributed by atoms with Gasteiger partial charge >= 0.3 is 0 Å². The van der Waals surface area contributed by atoms with Gasteiger partial charge < -0.3 is 48.0 Å². The summed E-state index contributed by atoms with van der Waals surface area (Å²) in [6.45, 7) is 2.20. The van der Waals surface area contributed by atoms with Crippen molar-refractivity contribution in [2.75, 3.05) is 0 Å². The molecule has 0 unspecified atom stereocenters. The van der Waals surface area contributed by atoms with Crippen LogP contribution in [0.25, 0.3) is 21.5 Å². The summed E-state index contributed by atoms with van der Waals surface area (Å²) in [6, 6.07) is 17.1. The van der Waals surface area contributed by atoms with Gasteiger partial charge in [0.05, 0.1) is 8.95 Å². The van der Waals surface area contributed by atoms with E-state index in [9.17, 15) is 0 Å². The van der Waals surface area contributed by atoms with Crippen LogP contribution in [0.1, 0.15) is 51.4 Å². The smallest absolute Gasteiger partial charge is 0.183 e. The summed E-state index contributed by atoms with van der Waals surface area (Å²) in [4.78, 5) is 0. The molecule has 0 saturated carbocycles. The Morgan fingerprint density at radius 3 is 1.24 bits per heavy atom. The second kappa shape index (κ2) is 15.7. The fourth-order valence-electron chi connectivity index (χ4n) is 4.42. The molecule has 182 valence electrons. The average Bonchev–Trinajstić information content (AvgIpc) is 2.80. The summed E-state index contributed by atoms with van der Waals surface area (Å²) in [6.07, 6.45) is 19.5. The Labute approximate surface area is 254 Å². The van der Waals surface area contributed by atoms with Crippen molar-refractivity contribution in [3.63, 3.8) is 0 Å². The molecule has 0 spiro atoms. The number of fused-ring (bicyclic) bond motifs is 2. The van der Waals surface area contributed by atoms with Crippen LogP contribution in [0.15, 0.2) is 82.3 Å². The van der Waals surface area contributed by atoms with Crippen LogP contribution in [0.3, 0.4) is 0 Å². The maximum atomic E-state index is 3.72. The summed E-state index contributed by atoms with van der Waals surface area (Å²) >= 11 is 7.43. The Morgan fingerprint density at radius 2 is 0.824 bits per heavy atom. The van der Waals surface area contributed by atoms with E-state index in [-0.39, 0.29) is 48.0 Å². The summed E-state index contributed by atoms with van der Waals surface area (Å²) in [5.41, 5.74) is 0. The first-order valence-electron chi connectivity index (χ1n) is 11.9. The van der Waals surface area contributed by atoms with Gasteiger partial charge in [0.15, 0.2) is 24.8 Å². The Hall–Kier alpha value is -0.320. The molecule has 0 fully saturated rings. The molecule has 4 aromatic rings. The van der Waals surface area contributed by atoms with Crippen molar-refractivity contribution >= 4 is 53.4 Å². The number of rotatable bonds is 11. The van der Waals surface area contributed by atoms with Crippen molar-refractivity contribution in [2.45, 2.75) is 64.5 Å². The maximum absolute atomic E-state index is 3.72. The Bertz CT molecular complexity index is 1090. The van der Waals surface area contributed by atoms with Crippen LogP contribution in [0.4, 0.5) is 0 Å². The van der Waals surface area contributed by atoms with Crippen LogP contribution in [0.2, 0.25) is 0 Å². The highest BCUT2D eigenvalue weighted by atomic mass is 127. The molecule has 0 aliphatic heterocycles. The van der Waals surface area contributed by atoms with Crippen LogP contribution < -0.4 is 57.1 Å². The van der Waals surface area contributed by atoms with E-state index in [0.29, 0.717) is 0 Å². The van der Waals surface area contributed by atoms with E-state index in [2.05, 4.69) is 114 Å². The molecule has 0 N–H and O–H groups in total. The lowest BCUT2D eigenvalue weighted by atomic mass is 10.1. The normalized spacial score (nSPS) is 10.8. The molecule has 0 aliphatic carbocycles. The highest BCUT2D eigenvalue weighted by Gasteiger charge is 2.09. The van der Waals surface area contributed by atoms with E-state index in [1.807, 2.05) is 0 Å². The van der Waals surface area contributed by atoms with Crippen LogP contribution in [0, 0.1) is 0 Å². The van der Waals surface area contributed by atoms with Gasteiger partial charge in [-0.2, -0.15) is 0 Å². The number of hydrogen-bond donors (Lipinski definition) is 0. The van der Waals surface area contributed by atoms with Gasteiger partial charge in [0, 0.05) is 34.4 Å². The highest BCUT2D eigenvalue weighted by Crippen LogP contribution is 2.22. The van der Waals surface area contributed by atoms with Crippen molar-refractivity contribution in [2.24, 2.45) is 0 Å². The highest BCUT2D eigenvalue weighted by molar-refractivity contribution is 9.11. The second-order valence-corrected chi connectivity index (χ2v) is 10.4. The molecule has 2 aromatic heterocycles. The first kappa shape index (κ1) is 29.9. The molecular formula is C28H32Br2I2N2. The molecule has 4 rings (SSSR count). The Morgan fingerprint density at radius 1 is 0.471 bits per heavy atom. The number of hydrogen-bond acceptors (Lipinski definition) is 0.